The van der Waals surface area contributed by atoms with E-state index in [1.54, 1.807) is 0 Å². The van der Waals surface area contributed by atoms with Crippen molar-refractivity contribution < 1.29 is 4.79 Å². The molecule has 2 aromatic carbocycles. The van der Waals surface area contributed by atoms with Gasteiger partial charge in [-0.2, -0.15) is 0 Å². The van der Waals surface area contributed by atoms with Crippen LogP contribution in [0.1, 0.15) is 15.9 Å². The van der Waals surface area contributed by atoms with Gasteiger partial charge in [-0.05, 0) is 5.56 Å². The molecular formula is C14H13BO. The van der Waals surface area contributed by atoms with Crippen LogP contribution in [-0.4, -0.2) is 13.6 Å². The first-order chi connectivity index (χ1) is 7.75. The summed E-state index contributed by atoms with van der Waals surface area (Å²) in [6, 6.07) is 17.5. The second-order valence-corrected chi connectivity index (χ2v) is 3.95. The van der Waals surface area contributed by atoms with Gasteiger partial charge in [0, 0.05) is 12.0 Å². The van der Waals surface area contributed by atoms with Crippen LogP contribution in [-0.2, 0) is 6.42 Å². The molecule has 78 valence electrons. The van der Waals surface area contributed by atoms with Gasteiger partial charge in [-0.3, -0.25) is 4.79 Å². The van der Waals surface area contributed by atoms with Gasteiger partial charge in [-0.25, -0.2) is 0 Å². The Morgan fingerprint density at radius 2 is 1.56 bits per heavy atom. The third-order valence-corrected chi connectivity index (χ3v) is 2.58. The lowest BCUT2D eigenvalue weighted by molar-refractivity contribution is 0.0993. The minimum atomic E-state index is 0.172. The smallest absolute Gasteiger partial charge is 0.167 e. The molecule has 0 amide bonds. The Labute approximate surface area is 96.5 Å². The van der Waals surface area contributed by atoms with Gasteiger partial charge < -0.3 is 0 Å². The largest absolute Gasteiger partial charge is 0.294 e. The van der Waals surface area contributed by atoms with Crippen molar-refractivity contribution in [1.29, 1.82) is 0 Å². The Morgan fingerprint density at radius 1 is 0.938 bits per heavy atom. The van der Waals surface area contributed by atoms with Crippen LogP contribution >= 0.6 is 0 Å². The molecule has 0 aliphatic rings. The Hall–Kier alpha value is -1.83. The van der Waals surface area contributed by atoms with Crippen LogP contribution in [0.4, 0.5) is 0 Å². The van der Waals surface area contributed by atoms with Crippen LogP contribution in [0.3, 0.4) is 0 Å². The van der Waals surface area contributed by atoms with E-state index in [1.807, 2.05) is 62.4 Å². The molecule has 16 heavy (non-hydrogen) atoms. The first kappa shape index (κ1) is 10.7. The molecule has 0 atom stereocenters. The zero-order chi connectivity index (χ0) is 11.4. The van der Waals surface area contributed by atoms with Crippen molar-refractivity contribution in [2.45, 2.75) is 6.42 Å². The summed E-state index contributed by atoms with van der Waals surface area (Å²) in [5, 5.41) is 0. The Bertz CT molecular complexity index is 474. The van der Waals surface area contributed by atoms with E-state index < -0.39 is 0 Å². The molecule has 0 saturated carbocycles. The minimum absolute atomic E-state index is 0.172. The van der Waals surface area contributed by atoms with Crippen LogP contribution in [0, 0.1) is 0 Å². The second-order valence-electron chi connectivity index (χ2n) is 3.95. The molecule has 0 N–H and O–H groups in total. The van der Waals surface area contributed by atoms with Crippen LogP contribution in [0.5, 0.6) is 0 Å². The number of Topliss-reactive ketones (excluding diaryl/α,β-unsaturated/α-hetero) is 1. The number of hydrogen-bond acceptors (Lipinski definition) is 1. The van der Waals surface area contributed by atoms with E-state index in [-0.39, 0.29) is 5.78 Å². The molecule has 0 bridgehead atoms. The molecule has 0 radical (unpaired) electrons. The van der Waals surface area contributed by atoms with Gasteiger partial charge in [0.25, 0.3) is 0 Å². The highest BCUT2D eigenvalue weighted by atomic mass is 16.1. The number of carbonyl (C=O) groups excluding carboxylic acids is 1. The van der Waals surface area contributed by atoms with Gasteiger partial charge in [0.2, 0.25) is 0 Å². The number of ketones is 1. The molecule has 0 aliphatic heterocycles. The van der Waals surface area contributed by atoms with E-state index in [1.165, 1.54) is 5.46 Å². The minimum Gasteiger partial charge on any atom is -0.294 e. The highest BCUT2D eigenvalue weighted by molar-refractivity contribution is 6.32. The summed E-state index contributed by atoms with van der Waals surface area (Å²) in [5.74, 6) is 0.172. The molecule has 0 saturated heterocycles. The third-order valence-electron chi connectivity index (χ3n) is 2.58. The molecule has 0 spiro atoms. The lowest BCUT2D eigenvalue weighted by Gasteiger charge is -2.01. The zero-order valence-corrected chi connectivity index (χ0v) is 9.31. The molecule has 0 aromatic heterocycles. The molecule has 2 rings (SSSR count). The first-order valence-electron chi connectivity index (χ1n) is 5.39. The van der Waals surface area contributed by atoms with E-state index in [2.05, 4.69) is 0 Å². The monoisotopic (exact) mass is 208 g/mol. The Balaban J connectivity index is 2.12. The Morgan fingerprint density at radius 3 is 2.19 bits per heavy atom. The maximum Gasteiger partial charge on any atom is 0.167 e. The van der Waals surface area contributed by atoms with E-state index in [0.717, 1.165) is 11.1 Å². The van der Waals surface area contributed by atoms with Crippen molar-refractivity contribution in [2.24, 2.45) is 0 Å². The normalized spacial score (nSPS) is 10.0. The molecule has 0 heterocycles. The van der Waals surface area contributed by atoms with Crippen molar-refractivity contribution in [2.75, 3.05) is 0 Å². The molecule has 0 fully saturated rings. The lowest BCUT2D eigenvalue weighted by Crippen LogP contribution is -2.07. The van der Waals surface area contributed by atoms with Crippen LogP contribution < -0.4 is 5.46 Å². The highest BCUT2D eigenvalue weighted by Crippen LogP contribution is 2.06. The van der Waals surface area contributed by atoms with E-state index in [0.29, 0.717) is 6.42 Å². The van der Waals surface area contributed by atoms with E-state index in [4.69, 9.17) is 0 Å². The summed E-state index contributed by atoms with van der Waals surface area (Å²) in [6.45, 7) is 0. The summed E-state index contributed by atoms with van der Waals surface area (Å²) in [7, 11) is 2.02. The average Bonchev–Trinajstić information content (AvgIpc) is 2.31. The third kappa shape index (κ3) is 2.60. The van der Waals surface area contributed by atoms with Crippen molar-refractivity contribution in [1.82, 2.24) is 0 Å². The van der Waals surface area contributed by atoms with Crippen molar-refractivity contribution in [3.63, 3.8) is 0 Å². The van der Waals surface area contributed by atoms with Crippen molar-refractivity contribution in [3.8, 4) is 0 Å². The fraction of sp³-hybridized carbons (Fsp3) is 0.0714. The number of carbonyl (C=O) groups is 1. The quantitative estimate of drug-likeness (QED) is 0.550. The maximum atomic E-state index is 11.9. The standard InChI is InChI=1S/C14H13BO/c15-13-8-6-12(7-9-13)14(16)10-11-4-2-1-3-5-11/h1-9H,10,15H2. The molecule has 1 nitrogen and oxygen atoms in total. The van der Waals surface area contributed by atoms with Gasteiger partial charge in [0.05, 0.1) is 0 Å². The van der Waals surface area contributed by atoms with Crippen LogP contribution in [0.25, 0.3) is 0 Å². The van der Waals surface area contributed by atoms with Gasteiger partial charge in [-0.15, -0.1) is 0 Å². The molecule has 2 heteroatoms. The predicted molar refractivity (Wildman–Crippen MR) is 69.1 cm³/mol. The van der Waals surface area contributed by atoms with Gasteiger partial charge >= 0.3 is 0 Å². The Kier molecular flexibility index (Phi) is 3.20. The zero-order valence-electron chi connectivity index (χ0n) is 9.31. The molecule has 0 unspecified atom stereocenters. The molecule has 0 aliphatic carbocycles. The maximum absolute atomic E-state index is 11.9. The predicted octanol–water partition coefficient (Wildman–Crippen LogP) is 1.37. The van der Waals surface area contributed by atoms with Crippen LogP contribution in [0.15, 0.2) is 54.6 Å². The summed E-state index contributed by atoms with van der Waals surface area (Å²) < 4.78 is 0. The fourth-order valence-electron chi connectivity index (χ4n) is 1.62. The number of hydrogen-bond donors (Lipinski definition) is 0. The summed E-state index contributed by atoms with van der Waals surface area (Å²) in [5.41, 5.74) is 3.03. The van der Waals surface area contributed by atoms with E-state index in [9.17, 15) is 4.79 Å². The van der Waals surface area contributed by atoms with E-state index >= 15 is 0 Å². The van der Waals surface area contributed by atoms with Crippen LogP contribution in [0.2, 0.25) is 0 Å². The summed E-state index contributed by atoms with van der Waals surface area (Å²) >= 11 is 0. The van der Waals surface area contributed by atoms with Gasteiger partial charge in [0.15, 0.2) is 5.78 Å². The second kappa shape index (κ2) is 4.80. The fourth-order valence-corrected chi connectivity index (χ4v) is 1.62. The molecular weight excluding hydrogens is 195 g/mol. The van der Waals surface area contributed by atoms with Gasteiger partial charge in [0.1, 0.15) is 7.85 Å². The topological polar surface area (TPSA) is 17.1 Å². The number of rotatable bonds is 3. The number of benzene rings is 2. The SMILES string of the molecule is Bc1ccc(C(=O)Cc2ccccc2)cc1. The molecule has 2 aromatic rings. The summed E-state index contributed by atoms with van der Waals surface area (Å²) in [6.07, 6.45) is 0.476. The lowest BCUT2D eigenvalue weighted by atomic mass is 9.93. The summed E-state index contributed by atoms with van der Waals surface area (Å²) in [4.78, 5) is 11.9. The average molecular weight is 208 g/mol. The van der Waals surface area contributed by atoms with Crippen molar-refractivity contribution >= 4 is 19.1 Å². The van der Waals surface area contributed by atoms with Crippen molar-refractivity contribution in [3.05, 3.63) is 65.7 Å². The highest BCUT2D eigenvalue weighted by Gasteiger charge is 2.05. The van der Waals surface area contributed by atoms with Gasteiger partial charge in [-0.1, -0.05) is 60.1 Å². The first-order valence-corrected chi connectivity index (χ1v) is 5.39.